The van der Waals surface area contributed by atoms with Crippen molar-refractivity contribution in [3.63, 3.8) is 0 Å². The fraction of sp³-hybridized carbons (Fsp3) is 0.333. The van der Waals surface area contributed by atoms with E-state index in [9.17, 15) is 4.39 Å². The highest BCUT2D eigenvalue weighted by Crippen LogP contribution is 2.22. The van der Waals surface area contributed by atoms with Gasteiger partial charge in [-0.3, -0.25) is 0 Å². The zero-order chi connectivity index (χ0) is 14.5. The molecular weight excluding hydrogens is 249 g/mol. The summed E-state index contributed by atoms with van der Waals surface area (Å²) in [6, 6.07) is 15.9. The van der Waals surface area contributed by atoms with E-state index < -0.39 is 0 Å². The second-order valence-corrected chi connectivity index (χ2v) is 5.31. The molecule has 1 N–H and O–H groups in total. The van der Waals surface area contributed by atoms with E-state index in [-0.39, 0.29) is 17.9 Å². The van der Waals surface area contributed by atoms with Crippen LogP contribution in [0.15, 0.2) is 48.5 Å². The van der Waals surface area contributed by atoms with Crippen molar-refractivity contribution in [2.24, 2.45) is 0 Å². The molecule has 2 aromatic rings. The van der Waals surface area contributed by atoms with Crippen molar-refractivity contribution < 1.29 is 4.39 Å². The molecule has 0 fully saturated rings. The van der Waals surface area contributed by atoms with Gasteiger partial charge >= 0.3 is 0 Å². The summed E-state index contributed by atoms with van der Waals surface area (Å²) in [5.74, 6) is -0.185. The average Bonchev–Trinajstić information content (AvgIpc) is 2.46. The Morgan fingerprint density at radius 2 is 1.50 bits per heavy atom. The first-order chi connectivity index (χ1) is 9.60. The van der Waals surface area contributed by atoms with Crippen LogP contribution in [0.1, 0.15) is 49.0 Å². The van der Waals surface area contributed by atoms with Crippen molar-refractivity contribution in [2.75, 3.05) is 0 Å². The lowest BCUT2D eigenvalue weighted by molar-refractivity contribution is 0.456. The summed E-state index contributed by atoms with van der Waals surface area (Å²) in [6.07, 6.45) is 0.974. The highest BCUT2D eigenvalue weighted by atomic mass is 19.1. The van der Waals surface area contributed by atoms with Gasteiger partial charge in [0.25, 0.3) is 0 Å². The molecule has 2 unspecified atom stereocenters. The minimum absolute atomic E-state index is 0.185. The van der Waals surface area contributed by atoms with E-state index in [2.05, 4.69) is 50.4 Å². The van der Waals surface area contributed by atoms with Gasteiger partial charge in [-0.1, -0.05) is 48.9 Å². The molecule has 2 rings (SSSR count). The molecule has 0 amide bonds. The van der Waals surface area contributed by atoms with E-state index in [1.165, 1.54) is 23.3 Å². The Labute approximate surface area is 120 Å². The summed E-state index contributed by atoms with van der Waals surface area (Å²) in [4.78, 5) is 0. The van der Waals surface area contributed by atoms with Gasteiger partial charge in [-0.2, -0.15) is 0 Å². The molecule has 0 bridgehead atoms. The number of hydrogen-bond acceptors (Lipinski definition) is 1. The molecule has 0 saturated carbocycles. The number of rotatable bonds is 5. The Kier molecular flexibility index (Phi) is 4.91. The van der Waals surface area contributed by atoms with E-state index >= 15 is 0 Å². The molecule has 106 valence electrons. The van der Waals surface area contributed by atoms with Crippen LogP contribution in [0.3, 0.4) is 0 Å². The Bertz CT molecular complexity index is 530. The molecule has 0 spiro atoms. The lowest BCUT2D eigenvalue weighted by atomic mass is 10.0. The highest BCUT2D eigenvalue weighted by molar-refractivity contribution is 5.25. The zero-order valence-electron chi connectivity index (χ0n) is 12.4. The lowest BCUT2D eigenvalue weighted by Crippen LogP contribution is -2.24. The van der Waals surface area contributed by atoms with Gasteiger partial charge in [0.2, 0.25) is 0 Å². The van der Waals surface area contributed by atoms with Crippen molar-refractivity contribution in [1.82, 2.24) is 5.32 Å². The van der Waals surface area contributed by atoms with Gasteiger partial charge in [-0.05, 0) is 43.5 Å². The van der Waals surface area contributed by atoms with E-state index in [1.807, 2.05) is 12.1 Å². The van der Waals surface area contributed by atoms with Crippen molar-refractivity contribution in [2.45, 2.75) is 39.3 Å². The fourth-order valence-corrected chi connectivity index (χ4v) is 2.40. The average molecular weight is 271 g/mol. The standard InChI is InChI=1S/C18H22FN/c1-4-18(16-9-11-17(19)12-10-16)20-14(3)15-7-5-13(2)6-8-15/h5-12,14,18,20H,4H2,1-3H3. The van der Waals surface area contributed by atoms with Crippen molar-refractivity contribution in [3.05, 3.63) is 71.0 Å². The molecule has 2 aromatic carbocycles. The Morgan fingerprint density at radius 1 is 0.950 bits per heavy atom. The van der Waals surface area contributed by atoms with E-state index in [0.29, 0.717) is 0 Å². The van der Waals surface area contributed by atoms with Crippen LogP contribution in [0.4, 0.5) is 4.39 Å². The van der Waals surface area contributed by atoms with Gasteiger partial charge < -0.3 is 5.32 Å². The first kappa shape index (κ1) is 14.7. The van der Waals surface area contributed by atoms with Crippen LogP contribution in [0.2, 0.25) is 0 Å². The molecule has 0 saturated heterocycles. The smallest absolute Gasteiger partial charge is 0.123 e. The first-order valence-electron chi connectivity index (χ1n) is 7.18. The number of benzene rings is 2. The largest absolute Gasteiger partial charge is 0.303 e. The molecule has 2 atom stereocenters. The molecule has 2 heteroatoms. The number of hydrogen-bond donors (Lipinski definition) is 1. The van der Waals surface area contributed by atoms with Crippen molar-refractivity contribution in [3.8, 4) is 0 Å². The summed E-state index contributed by atoms with van der Waals surface area (Å²) < 4.78 is 13.0. The molecule has 0 aliphatic heterocycles. The third-order valence-corrected chi connectivity index (χ3v) is 3.71. The Morgan fingerprint density at radius 3 is 2.05 bits per heavy atom. The van der Waals surface area contributed by atoms with Gasteiger partial charge in [-0.15, -0.1) is 0 Å². The topological polar surface area (TPSA) is 12.0 Å². The van der Waals surface area contributed by atoms with Crippen molar-refractivity contribution in [1.29, 1.82) is 0 Å². The second kappa shape index (κ2) is 6.67. The first-order valence-corrected chi connectivity index (χ1v) is 7.18. The van der Waals surface area contributed by atoms with Crippen LogP contribution in [0.5, 0.6) is 0 Å². The number of halogens is 1. The van der Waals surface area contributed by atoms with E-state index in [4.69, 9.17) is 0 Å². The molecule has 0 aliphatic carbocycles. The highest BCUT2D eigenvalue weighted by Gasteiger charge is 2.13. The summed E-state index contributed by atoms with van der Waals surface area (Å²) >= 11 is 0. The van der Waals surface area contributed by atoms with Crippen LogP contribution in [-0.2, 0) is 0 Å². The van der Waals surface area contributed by atoms with E-state index in [1.54, 1.807) is 0 Å². The Balaban J connectivity index is 2.09. The monoisotopic (exact) mass is 271 g/mol. The summed E-state index contributed by atoms with van der Waals surface area (Å²) in [5.41, 5.74) is 3.68. The maximum Gasteiger partial charge on any atom is 0.123 e. The molecule has 0 aliphatic rings. The normalized spacial score (nSPS) is 14.0. The zero-order valence-corrected chi connectivity index (χ0v) is 12.4. The molecule has 1 nitrogen and oxygen atoms in total. The van der Waals surface area contributed by atoms with E-state index in [0.717, 1.165) is 12.0 Å². The fourth-order valence-electron chi connectivity index (χ4n) is 2.40. The molecule has 0 heterocycles. The van der Waals surface area contributed by atoms with Crippen LogP contribution < -0.4 is 5.32 Å². The molecular formula is C18H22FN. The van der Waals surface area contributed by atoms with Gasteiger partial charge in [0, 0.05) is 12.1 Å². The Hall–Kier alpha value is -1.67. The summed E-state index contributed by atoms with van der Waals surface area (Å²) in [5, 5.41) is 3.62. The second-order valence-electron chi connectivity index (χ2n) is 5.31. The van der Waals surface area contributed by atoms with Crippen molar-refractivity contribution >= 4 is 0 Å². The molecule has 20 heavy (non-hydrogen) atoms. The van der Waals surface area contributed by atoms with Gasteiger partial charge in [0.15, 0.2) is 0 Å². The van der Waals surface area contributed by atoms with Gasteiger partial charge in [0.1, 0.15) is 5.82 Å². The van der Waals surface area contributed by atoms with Crippen LogP contribution in [-0.4, -0.2) is 0 Å². The predicted octanol–water partition coefficient (Wildman–Crippen LogP) is 4.94. The van der Waals surface area contributed by atoms with Crippen LogP contribution in [0.25, 0.3) is 0 Å². The third kappa shape index (κ3) is 3.67. The SMILES string of the molecule is CCC(NC(C)c1ccc(C)cc1)c1ccc(F)cc1. The minimum atomic E-state index is -0.185. The molecule has 0 aromatic heterocycles. The van der Waals surface area contributed by atoms with Gasteiger partial charge in [0.05, 0.1) is 0 Å². The van der Waals surface area contributed by atoms with Gasteiger partial charge in [-0.25, -0.2) is 4.39 Å². The number of aryl methyl sites for hydroxylation is 1. The quantitative estimate of drug-likeness (QED) is 0.812. The maximum absolute atomic E-state index is 13.0. The maximum atomic E-state index is 13.0. The summed E-state index contributed by atoms with van der Waals surface area (Å²) in [7, 11) is 0. The minimum Gasteiger partial charge on any atom is -0.303 e. The summed E-state index contributed by atoms with van der Waals surface area (Å²) in [6.45, 7) is 6.40. The van der Waals surface area contributed by atoms with Crippen LogP contribution >= 0.6 is 0 Å². The van der Waals surface area contributed by atoms with Crippen LogP contribution in [0, 0.1) is 12.7 Å². The predicted molar refractivity (Wildman–Crippen MR) is 82.2 cm³/mol. The molecule has 0 radical (unpaired) electrons. The number of nitrogens with one attached hydrogen (secondary N) is 1. The lowest BCUT2D eigenvalue weighted by Gasteiger charge is -2.23. The third-order valence-electron chi connectivity index (χ3n) is 3.71.